The number of thiocarbonyl (C=S) groups is 1. The number of fused-ring (bicyclic) bond motifs is 1. The zero-order valence-electron chi connectivity index (χ0n) is 19.0. The lowest BCUT2D eigenvalue weighted by Gasteiger charge is -2.12. The van der Waals surface area contributed by atoms with Gasteiger partial charge in [0, 0.05) is 11.1 Å². The van der Waals surface area contributed by atoms with Crippen LogP contribution in [-0.4, -0.2) is 23.1 Å². The highest BCUT2D eigenvalue weighted by Crippen LogP contribution is 2.31. The van der Waals surface area contributed by atoms with Crippen LogP contribution in [0.3, 0.4) is 0 Å². The third-order valence-electron chi connectivity index (χ3n) is 5.61. The van der Waals surface area contributed by atoms with Gasteiger partial charge in [-0.15, -0.1) is 0 Å². The van der Waals surface area contributed by atoms with Crippen molar-refractivity contribution in [2.24, 2.45) is 0 Å². The van der Waals surface area contributed by atoms with Crippen LogP contribution in [-0.2, 0) is 0 Å². The van der Waals surface area contributed by atoms with Crippen molar-refractivity contribution in [1.82, 2.24) is 10.3 Å². The van der Waals surface area contributed by atoms with E-state index in [0.29, 0.717) is 39.4 Å². The maximum absolute atomic E-state index is 12.5. The zero-order chi connectivity index (χ0) is 24.2. The standard InChI is InChI=1S/C26H24ClN3O3S/c1-4-15(2)16-9-11-23-22(13-16)28-25(33-23)18-8-10-20(27)21(14-18)29-26(34)30-24(31)17-6-5-7-19(12-17)32-3/h5-15H,4H2,1-3H3,(H2,29,30,31,34)/t15-/m0/s1. The fourth-order valence-corrected chi connectivity index (χ4v) is 3.82. The van der Waals surface area contributed by atoms with Crippen LogP contribution in [0.1, 0.15) is 42.1 Å². The van der Waals surface area contributed by atoms with Gasteiger partial charge in [-0.3, -0.25) is 10.1 Å². The monoisotopic (exact) mass is 493 g/mol. The summed E-state index contributed by atoms with van der Waals surface area (Å²) < 4.78 is 11.1. The van der Waals surface area contributed by atoms with Crippen molar-refractivity contribution in [2.45, 2.75) is 26.2 Å². The molecule has 34 heavy (non-hydrogen) atoms. The number of oxazole rings is 1. The Labute approximate surface area is 208 Å². The number of anilines is 1. The van der Waals surface area contributed by atoms with Crippen LogP contribution in [0.15, 0.2) is 65.1 Å². The SMILES string of the molecule is CC[C@H](C)c1ccc2oc(-c3ccc(Cl)c(NC(=S)NC(=O)c4cccc(OC)c4)c3)nc2c1. The predicted octanol–water partition coefficient (Wildman–Crippen LogP) is 6.80. The van der Waals surface area contributed by atoms with Crippen molar-refractivity contribution in [3.8, 4) is 17.2 Å². The first-order valence-electron chi connectivity index (χ1n) is 10.8. The molecule has 0 aliphatic carbocycles. The summed E-state index contributed by atoms with van der Waals surface area (Å²) in [7, 11) is 1.54. The first-order valence-corrected chi connectivity index (χ1v) is 11.6. The Hall–Kier alpha value is -3.42. The maximum atomic E-state index is 12.5. The van der Waals surface area contributed by atoms with Crippen LogP contribution in [0.4, 0.5) is 5.69 Å². The van der Waals surface area contributed by atoms with E-state index in [1.54, 1.807) is 43.5 Å². The minimum absolute atomic E-state index is 0.114. The number of halogens is 1. The number of rotatable bonds is 6. The van der Waals surface area contributed by atoms with Gasteiger partial charge in [0.25, 0.3) is 5.91 Å². The quantitative estimate of drug-likeness (QED) is 0.288. The number of carbonyl (C=O) groups is 1. The van der Waals surface area contributed by atoms with Crippen molar-refractivity contribution in [2.75, 3.05) is 12.4 Å². The normalized spacial score (nSPS) is 11.8. The molecule has 3 aromatic carbocycles. The Morgan fingerprint density at radius 1 is 1.18 bits per heavy atom. The Morgan fingerprint density at radius 2 is 2.00 bits per heavy atom. The van der Waals surface area contributed by atoms with E-state index in [4.69, 9.17) is 33.0 Å². The summed E-state index contributed by atoms with van der Waals surface area (Å²) in [5.74, 6) is 1.14. The van der Waals surface area contributed by atoms with Crippen molar-refractivity contribution in [3.63, 3.8) is 0 Å². The minimum atomic E-state index is -0.361. The highest BCUT2D eigenvalue weighted by atomic mass is 35.5. The molecule has 0 saturated heterocycles. The van der Waals surface area contributed by atoms with Gasteiger partial charge in [-0.2, -0.15) is 0 Å². The van der Waals surface area contributed by atoms with E-state index in [2.05, 4.69) is 41.6 Å². The summed E-state index contributed by atoms with van der Waals surface area (Å²) in [5.41, 5.74) is 4.43. The highest BCUT2D eigenvalue weighted by molar-refractivity contribution is 7.80. The molecule has 2 N–H and O–H groups in total. The summed E-state index contributed by atoms with van der Waals surface area (Å²) >= 11 is 11.7. The molecule has 4 aromatic rings. The second-order valence-corrected chi connectivity index (χ2v) is 8.71. The Kier molecular flexibility index (Phi) is 7.14. The molecule has 1 heterocycles. The van der Waals surface area contributed by atoms with Crippen LogP contribution in [0.2, 0.25) is 5.02 Å². The van der Waals surface area contributed by atoms with Crippen LogP contribution in [0.5, 0.6) is 5.75 Å². The molecule has 0 bridgehead atoms. The fraction of sp³-hybridized carbons (Fsp3) is 0.192. The average Bonchev–Trinajstić information content (AvgIpc) is 3.28. The smallest absolute Gasteiger partial charge is 0.257 e. The lowest BCUT2D eigenvalue weighted by atomic mass is 9.98. The van der Waals surface area contributed by atoms with E-state index < -0.39 is 0 Å². The van der Waals surface area contributed by atoms with E-state index in [9.17, 15) is 4.79 Å². The van der Waals surface area contributed by atoms with E-state index >= 15 is 0 Å². The van der Waals surface area contributed by atoms with Gasteiger partial charge in [0.2, 0.25) is 5.89 Å². The highest BCUT2D eigenvalue weighted by Gasteiger charge is 2.14. The second kappa shape index (κ2) is 10.2. The van der Waals surface area contributed by atoms with E-state index in [1.165, 1.54) is 5.56 Å². The number of amides is 1. The molecule has 0 radical (unpaired) electrons. The molecule has 6 nitrogen and oxygen atoms in total. The number of methoxy groups -OCH3 is 1. The summed E-state index contributed by atoms with van der Waals surface area (Å²) in [4.78, 5) is 17.2. The van der Waals surface area contributed by atoms with Crippen molar-refractivity contribution in [1.29, 1.82) is 0 Å². The molecule has 1 aromatic heterocycles. The average molecular weight is 494 g/mol. The number of ether oxygens (including phenoxy) is 1. The largest absolute Gasteiger partial charge is 0.497 e. The molecule has 1 amide bonds. The second-order valence-electron chi connectivity index (χ2n) is 7.89. The van der Waals surface area contributed by atoms with E-state index in [-0.39, 0.29) is 11.0 Å². The maximum Gasteiger partial charge on any atom is 0.257 e. The molecule has 0 aliphatic heterocycles. The molecule has 174 valence electrons. The van der Waals surface area contributed by atoms with Gasteiger partial charge in [0.05, 0.1) is 17.8 Å². The summed E-state index contributed by atoms with van der Waals surface area (Å²) in [5, 5.41) is 6.19. The molecule has 0 fully saturated rings. The van der Waals surface area contributed by atoms with Crippen LogP contribution >= 0.6 is 23.8 Å². The van der Waals surface area contributed by atoms with Gasteiger partial charge in [-0.05, 0) is 78.7 Å². The number of aromatic nitrogens is 1. The summed E-state index contributed by atoms with van der Waals surface area (Å²) in [6, 6.07) is 18.2. The van der Waals surface area contributed by atoms with Crippen LogP contribution in [0.25, 0.3) is 22.6 Å². The predicted molar refractivity (Wildman–Crippen MR) is 140 cm³/mol. The fourth-order valence-electron chi connectivity index (χ4n) is 3.46. The van der Waals surface area contributed by atoms with Crippen molar-refractivity contribution in [3.05, 3.63) is 76.8 Å². The van der Waals surface area contributed by atoms with Crippen LogP contribution in [0, 0.1) is 0 Å². The number of benzene rings is 3. The Balaban J connectivity index is 1.52. The van der Waals surface area contributed by atoms with Crippen LogP contribution < -0.4 is 15.4 Å². The molecule has 0 spiro atoms. The Morgan fingerprint density at radius 3 is 2.76 bits per heavy atom. The molecule has 0 unspecified atom stereocenters. The lowest BCUT2D eigenvalue weighted by molar-refractivity contribution is 0.0977. The molecule has 0 aliphatic rings. The third-order valence-corrected chi connectivity index (χ3v) is 6.15. The van der Waals surface area contributed by atoms with Crippen molar-refractivity contribution < 1.29 is 13.9 Å². The van der Waals surface area contributed by atoms with E-state index in [1.807, 2.05) is 12.1 Å². The van der Waals surface area contributed by atoms with Gasteiger partial charge in [-0.25, -0.2) is 4.98 Å². The third kappa shape index (κ3) is 5.21. The number of hydrogen-bond donors (Lipinski definition) is 2. The molecular formula is C26H24ClN3O3S. The molecule has 8 heteroatoms. The Bertz CT molecular complexity index is 1370. The summed E-state index contributed by atoms with van der Waals surface area (Å²) in [6.45, 7) is 4.35. The van der Waals surface area contributed by atoms with E-state index in [0.717, 1.165) is 17.5 Å². The van der Waals surface area contributed by atoms with Gasteiger partial charge in [-0.1, -0.05) is 37.6 Å². The number of nitrogens with one attached hydrogen (secondary N) is 2. The van der Waals surface area contributed by atoms with Gasteiger partial charge in [0.1, 0.15) is 11.3 Å². The first-order chi connectivity index (χ1) is 16.4. The number of nitrogens with zero attached hydrogens (tertiary/aromatic N) is 1. The molecule has 0 saturated carbocycles. The molecular weight excluding hydrogens is 470 g/mol. The summed E-state index contributed by atoms with van der Waals surface area (Å²) in [6.07, 6.45) is 1.05. The zero-order valence-corrected chi connectivity index (χ0v) is 20.6. The van der Waals surface area contributed by atoms with Gasteiger partial charge in [0.15, 0.2) is 10.7 Å². The number of hydrogen-bond acceptors (Lipinski definition) is 5. The first kappa shape index (κ1) is 23.7. The number of carbonyl (C=O) groups excluding carboxylic acids is 1. The van der Waals surface area contributed by atoms with Gasteiger partial charge < -0.3 is 14.5 Å². The topological polar surface area (TPSA) is 76.4 Å². The molecule has 4 rings (SSSR count). The van der Waals surface area contributed by atoms with Crippen molar-refractivity contribution >= 4 is 51.6 Å². The minimum Gasteiger partial charge on any atom is -0.497 e. The van der Waals surface area contributed by atoms with Gasteiger partial charge >= 0.3 is 0 Å². The lowest BCUT2D eigenvalue weighted by Crippen LogP contribution is -2.34. The molecule has 1 atom stereocenters.